The van der Waals surface area contributed by atoms with Crippen molar-refractivity contribution in [2.75, 3.05) is 23.3 Å². The topological polar surface area (TPSA) is 67.3 Å². The van der Waals surface area contributed by atoms with Crippen LogP contribution < -0.4 is 15.0 Å². The van der Waals surface area contributed by atoms with Crippen molar-refractivity contribution in [3.63, 3.8) is 0 Å². The number of rotatable bonds is 5. The summed E-state index contributed by atoms with van der Waals surface area (Å²) in [6.07, 6.45) is 3.27. The van der Waals surface area contributed by atoms with Crippen molar-refractivity contribution >= 4 is 17.4 Å². The number of piperidine rings is 1. The van der Waals surface area contributed by atoms with Gasteiger partial charge in [0.1, 0.15) is 11.5 Å². The lowest BCUT2D eigenvalue weighted by atomic mass is 9.96. The Bertz CT molecular complexity index is 893. The summed E-state index contributed by atoms with van der Waals surface area (Å²) in [6.45, 7) is 1.61. The van der Waals surface area contributed by atoms with Gasteiger partial charge in [0.2, 0.25) is 5.91 Å². The molecule has 4 rings (SSSR count). The maximum Gasteiger partial charge on any atom is 0.227 e. The molecule has 2 aromatic carbocycles. The van der Waals surface area contributed by atoms with E-state index in [0.29, 0.717) is 0 Å². The van der Waals surface area contributed by atoms with Gasteiger partial charge in [-0.05, 0) is 61.4 Å². The van der Waals surface area contributed by atoms with Gasteiger partial charge in [0.25, 0.3) is 0 Å². The van der Waals surface area contributed by atoms with Crippen molar-refractivity contribution in [1.82, 2.24) is 10.2 Å². The van der Waals surface area contributed by atoms with Crippen LogP contribution in [0.15, 0.2) is 72.9 Å². The third kappa shape index (κ3) is 4.46. The van der Waals surface area contributed by atoms with E-state index in [1.54, 1.807) is 6.20 Å². The molecule has 6 heteroatoms. The molecule has 28 heavy (non-hydrogen) atoms. The molecule has 142 valence electrons. The molecule has 1 aliphatic heterocycles. The van der Waals surface area contributed by atoms with Crippen LogP contribution in [0.3, 0.4) is 0 Å². The number of para-hydroxylation sites is 1. The lowest BCUT2D eigenvalue weighted by Gasteiger charge is -2.31. The van der Waals surface area contributed by atoms with Gasteiger partial charge in [-0.25, -0.2) is 0 Å². The van der Waals surface area contributed by atoms with Crippen LogP contribution in [0, 0.1) is 5.92 Å². The average Bonchev–Trinajstić information content (AvgIpc) is 2.76. The number of nitrogens with zero attached hydrogens (tertiary/aromatic N) is 3. The summed E-state index contributed by atoms with van der Waals surface area (Å²) in [7, 11) is 0. The number of carbonyl (C=O) groups excluding carboxylic acids is 1. The molecule has 0 radical (unpaired) electrons. The minimum absolute atomic E-state index is 0.00756. The van der Waals surface area contributed by atoms with Gasteiger partial charge < -0.3 is 15.0 Å². The fourth-order valence-electron chi connectivity index (χ4n) is 3.31. The highest BCUT2D eigenvalue weighted by Crippen LogP contribution is 2.25. The molecule has 0 aliphatic carbocycles. The van der Waals surface area contributed by atoms with E-state index < -0.39 is 0 Å². The van der Waals surface area contributed by atoms with E-state index >= 15 is 0 Å². The van der Waals surface area contributed by atoms with Crippen LogP contribution in [0.1, 0.15) is 12.8 Å². The Morgan fingerprint density at radius 1 is 0.929 bits per heavy atom. The normalized spacial score (nSPS) is 14.5. The first-order valence-corrected chi connectivity index (χ1v) is 9.44. The molecule has 1 amide bonds. The Hall–Kier alpha value is -3.41. The Balaban J connectivity index is 1.29. The van der Waals surface area contributed by atoms with Crippen molar-refractivity contribution in [3.8, 4) is 11.5 Å². The van der Waals surface area contributed by atoms with Crippen LogP contribution in [0.5, 0.6) is 11.5 Å². The number of amides is 1. The lowest BCUT2D eigenvalue weighted by molar-refractivity contribution is -0.120. The number of hydrogen-bond acceptors (Lipinski definition) is 5. The Morgan fingerprint density at radius 2 is 1.64 bits per heavy atom. The molecule has 1 aromatic heterocycles. The minimum atomic E-state index is 0.00756. The average molecular weight is 374 g/mol. The van der Waals surface area contributed by atoms with Gasteiger partial charge in [-0.15, -0.1) is 5.10 Å². The first kappa shape index (κ1) is 18.0. The first-order valence-electron chi connectivity index (χ1n) is 9.44. The molecule has 1 aliphatic rings. The first-order chi connectivity index (χ1) is 13.8. The van der Waals surface area contributed by atoms with Crippen LogP contribution in [0.2, 0.25) is 0 Å². The molecular weight excluding hydrogens is 352 g/mol. The minimum Gasteiger partial charge on any atom is -0.457 e. The number of ether oxygens (including phenoxy) is 1. The number of nitrogens with one attached hydrogen (secondary N) is 1. The number of anilines is 2. The van der Waals surface area contributed by atoms with Gasteiger partial charge in [-0.1, -0.05) is 18.2 Å². The quantitative estimate of drug-likeness (QED) is 0.727. The van der Waals surface area contributed by atoms with E-state index in [0.717, 1.165) is 48.9 Å². The highest BCUT2D eigenvalue weighted by atomic mass is 16.5. The van der Waals surface area contributed by atoms with Gasteiger partial charge in [0.15, 0.2) is 5.82 Å². The zero-order valence-corrected chi connectivity index (χ0v) is 15.5. The van der Waals surface area contributed by atoms with Gasteiger partial charge in [-0.3, -0.25) is 4.79 Å². The molecule has 6 nitrogen and oxygen atoms in total. The predicted octanol–water partition coefficient (Wildman–Crippen LogP) is 4.12. The second-order valence-corrected chi connectivity index (χ2v) is 6.77. The fourth-order valence-corrected chi connectivity index (χ4v) is 3.31. The van der Waals surface area contributed by atoms with Crippen molar-refractivity contribution in [2.24, 2.45) is 5.92 Å². The smallest absolute Gasteiger partial charge is 0.227 e. The van der Waals surface area contributed by atoms with Crippen molar-refractivity contribution in [3.05, 3.63) is 72.9 Å². The molecule has 1 saturated heterocycles. The third-order valence-electron chi connectivity index (χ3n) is 4.85. The summed E-state index contributed by atoms with van der Waals surface area (Å²) < 4.78 is 5.78. The highest BCUT2D eigenvalue weighted by molar-refractivity contribution is 5.92. The maximum atomic E-state index is 12.6. The number of carbonyl (C=O) groups is 1. The van der Waals surface area contributed by atoms with Gasteiger partial charge in [0, 0.05) is 30.9 Å². The molecule has 1 N–H and O–H groups in total. The zero-order chi connectivity index (χ0) is 19.2. The second-order valence-electron chi connectivity index (χ2n) is 6.77. The SMILES string of the molecule is O=C(Nc1ccc(Oc2ccccc2)cc1)C1CCN(c2cccnn2)CC1. The van der Waals surface area contributed by atoms with Gasteiger partial charge in [-0.2, -0.15) is 5.10 Å². The molecule has 0 bridgehead atoms. The molecule has 0 unspecified atom stereocenters. The predicted molar refractivity (Wildman–Crippen MR) is 109 cm³/mol. The summed E-state index contributed by atoms with van der Waals surface area (Å²) in [6, 6.07) is 20.9. The lowest BCUT2D eigenvalue weighted by Crippen LogP contribution is -2.38. The molecule has 1 fully saturated rings. The zero-order valence-electron chi connectivity index (χ0n) is 15.5. The molecule has 3 aromatic rings. The third-order valence-corrected chi connectivity index (χ3v) is 4.85. The van der Waals surface area contributed by atoms with E-state index in [-0.39, 0.29) is 11.8 Å². The van der Waals surface area contributed by atoms with Crippen LogP contribution >= 0.6 is 0 Å². The Morgan fingerprint density at radius 3 is 2.32 bits per heavy atom. The Kier molecular flexibility index (Phi) is 5.47. The number of benzene rings is 2. The van der Waals surface area contributed by atoms with E-state index in [1.165, 1.54) is 0 Å². The summed E-state index contributed by atoms with van der Waals surface area (Å²) >= 11 is 0. The maximum absolute atomic E-state index is 12.6. The Labute approximate surface area is 164 Å². The van der Waals surface area contributed by atoms with Crippen LogP contribution in [0.25, 0.3) is 0 Å². The fraction of sp³-hybridized carbons (Fsp3) is 0.227. The summed E-state index contributed by atoms with van der Waals surface area (Å²) in [4.78, 5) is 14.8. The van der Waals surface area contributed by atoms with E-state index in [1.807, 2.05) is 66.7 Å². The summed E-state index contributed by atoms with van der Waals surface area (Å²) in [5.41, 5.74) is 0.779. The standard InChI is InChI=1S/C22H22N4O2/c27-22(17-12-15-26(16-13-17)21-7-4-14-23-25-21)24-18-8-10-20(11-9-18)28-19-5-2-1-3-6-19/h1-11,14,17H,12-13,15-16H2,(H,24,27). The van der Waals surface area contributed by atoms with Crippen molar-refractivity contribution < 1.29 is 9.53 Å². The van der Waals surface area contributed by atoms with Crippen LogP contribution in [-0.2, 0) is 4.79 Å². The van der Waals surface area contributed by atoms with Gasteiger partial charge in [0.05, 0.1) is 0 Å². The summed E-state index contributed by atoms with van der Waals surface area (Å²) in [5, 5.41) is 11.1. The highest BCUT2D eigenvalue weighted by Gasteiger charge is 2.25. The second kappa shape index (κ2) is 8.52. The largest absolute Gasteiger partial charge is 0.457 e. The molecule has 0 saturated carbocycles. The number of hydrogen-bond donors (Lipinski definition) is 1. The van der Waals surface area contributed by atoms with Gasteiger partial charge >= 0.3 is 0 Å². The molecule has 2 heterocycles. The van der Waals surface area contributed by atoms with Crippen molar-refractivity contribution in [1.29, 1.82) is 0 Å². The van der Waals surface area contributed by atoms with E-state index in [2.05, 4.69) is 20.4 Å². The molecule has 0 atom stereocenters. The van der Waals surface area contributed by atoms with E-state index in [9.17, 15) is 4.79 Å². The molecular formula is C22H22N4O2. The monoisotopic (exact) mass is 374 g/mol. The number of aromatic nitrogens is 2. The van der Waals surface area contributed by atoms with Crippen LogP contribution in [0.4, 0.5) is 11.5 Å². The van der Waals surface area contributed by atoms with E-state index in [4.69, 9.17) is 4.74 Å². The van der Waals surface area contributed by atoms with Crippen LogP contribution in [-0.4, -0.2) is 29.2 Å². The summed E-state index contributed by atoms with van der Waals surface area (Å²) in [5.74, 6) is 2.47. The van der Waals surface area contributed by atoms with Crippen molar-refractivity contribution in [2.45, 2.75) is 12.8 Å². The molecule has 0 spiro atoms.